The molecule has 0 atom stereocenters. The molecule has 0 spiro atoms. The van der Waals surface area contributed by atoms with Crippen LogP contribution in [0.1, 0.15) is 45.1 Å². The van der Waals surface area contributed by atoms with Gasteiger partial charge in [0.05, 0.1) is 0 Å². The first-order valence-corrected chi connectivity index (χ1v) is 7.23. The summed E-state index contributed by atoms with van der Waals surface area (Å²) in [4.78, 5) is 4.06. The molecule has 0 N–H and O–H groups in total. The van der Waals surface area contributed by atoms with Crippen molar-refractivity contribution < 1.29 is 0 Å². The molecule has 0 saturated carbocycles. The number of unbranched alkanes of at least 4 members (excludes halogenated alkanes) is 2. The van der Waals surface area contributed by atoms with Crippen molar-refractivity contribution in [2.45, 2.75) is 46.0 Å². The van der Waals surface area contributed by atoms with E-state index in [1.807, 2.05) is 12.4 Å². The molecule has 1 aromatic rings. The van der Waals surface area contributed by atoms with Gasteiger partial charge >= 0.3 is 0 Å². The second-order valence-electron chi connectivity index (χ2n) is 4.82. The predicted octanol–water partition coefficient (Wildman–Crippen LogP) is 5.16. The molecule has 2 heteroatoms. The van der Waals surface area contributed by atoms with Crippen LogP contribution in [0.4, 0.5) is 0 Å². The van der Waals surface area contributed by atoms with Gasteiger partial charge in [-0.3, -0.25) is 4.98 Å². The molecule has 0 aromatic carbocycles. The fourth-order valence-corrected chi connectivity index (χ4v) is 2.12. The van der Waals surface area contributed by atoms with E-state index in [2.05, 4.69) is 53.0 Å². The molecule has 0 aliphatic carbocycles. The molecule has 0 amide bonds. The molecule has 0 unspecified atom stereocenters. The van der Waals surface area contributed by atoms with Gasteiger partial charge in [-0.15, -0.1) is 0 Å². The van der Waals surface area contributed by atoms with Gasteiger partial charge in [0.25, 0.3) is 0 Å². The zero-order valence-electron chi connectivity index (χ0n) is 10.8. The van der Waals surface area contributed by atoms with Crippen LogP contribution in [-0.2, 0) is 6.42 Å². The highest BCUT2D eigenvalue weighted by Gasteiger charge is 1.95. The van der Waals surface area contributed by atoms with Crippen LogP contribution < -0.4 is 0 Å². The first-order valence-electron chi connectivity index (χ1n) is 6.43. The fourth-order valence-electron chi connectivity index (χ4n) is 1.71. The molecule has 17 heavy (non-hydrogen) atoms. The molecular weight excluding hydrogens is 274 g/mol. The maximum atomic E-state index is 4.06. The number of nitrogens with zero attached hydrogens (tertiary/aromatic N) is 1. The van der Waals surface area contributed by atoms with Gasteiger partial charge in [0.2, 0.25) is 0 Å². The predicted molar refractivity (Wildman–Crippen MR) is 78.1 cm³/mol. The van der Waals surface area contributed by atoms with Gasteiger partial charge in [-0.25, -0.2) is 0 Å². The third-order valence-electron chi connectivity index (χ3n) is 2.76. The van der Waals surface area contributed by atoms with E-state index in [1.54, 1.807) is 0 Å². The maximum absolute atomic E-state index is 4.06. The highest BCUT2D eigenvalue weighted by molar-refractivity contribution is 9.10. The van der Waals surface area contributed by atoms with E-state index in [0.717, 1.165) is 16.8 Å². The Kier molecular flexibility index (Phi) is 7.18. The van der Waals surface area contributed by atoms with E-state index < -0.39 is 0 Å². The summed E-state index contributed by atoms with van der Waals surface area (Å²) in [5.74, 6) is 0.840. The Hall–Kier alpha value is -0.630. The van der Waals surface area contributed by atoms with Crippen LogP contribution in [-0.4, -0.2) is 4.98 Å². The Morgan fingerprint density at radius 3 is 2.82 bits per heavy atom. The van der Waals surface area contributed by atoms with Crippen molar-refractivity contribution in [2.75, 3.05) is 0 Å². The monoisotopic (exact) mass is 295 g/mol. The molecular formula is C15H22BrN. The summed E-state index contributed by atoms with van der Waals surface area (Å²) in [6.45, 7) is 4.58. The third-order valence-corrected chi connectivity index (χ3v) is 3.48. The maximum Gasteiger partial charge on any atom is 0.0413 e. The van der Waals surface area contributed by atoms with E-state index in [9.17, 15) is 0 Å². The molecule has 1 heterocycles. The Morgan fingerprint density at radius 1 is 1.29 bits per heavy atom. The summed E-state index contributed by atoms with van der Waals surface area (Å²) >= 11 is 3.51. The van der Waals surface area contributed by atoms with E-state index in [-0.39, 0.29) is 0 Å². The fraction of sp³-hybridized carbons (Fsp3) is 0.533. The summed E-state index contributed by atoms with van der Waals surface area (Å²) in [7, 11) is 0. The lowest BCUT2D eigenvalue weighted by Gasteiger charge is -2.02. The Morgan fingerprint density at radius 2 is 2.12 bits per heavy atom. The van der Waals surface area contributed by atoms with Crippen molar-refractivity contribution in [1.29, 1.82) is 0 Å². The van der Waals surface area contributed by atoms with Crippen molar-refractivity contribution in [3.05, 3.63) is 40.6 Å². The smallest absolute Gasteiger partial charge is 0.0413 e. The molecule has 1 rings (SSSR count). The van der Waals surface area contributed by atoms with Crippen LogP contribution in [0.15, 0.2) is 35.1 Å². The van der Waals surface area contributed by atoms with Gasteiger partial charge in [0.1, 0.15) is 0 Å². The first kappa shape index (κ1) is 14.4. The largest absolute Gasteiger partial charge is 0.264 e. The van der Waals surface area contributed by atoms with Crippen LogP contribution >= 0.6 is 15.9 Å². The molecule has 1 nitrogen and oxygen atoms in total. The van der Waals surface area contributed by atoms with Gasteiger partial charge in [0, 0.05) is 16.9 Å². The molecule has 94 valence electrons. The van der Waals surface area contributed by atoms with Gasteiger partial charge in [-0.05, 0) is 52.7 Å². The standard InChI is InChI=1S/C15H22BrN/c1-13(2)8-6-4-3-5-7-9-14-10-11-17-12-15(14)16/h5,7,10-13H,3-4,6,8-9H2,1-2H3. The summed E-state index contributed by atoms with van der Waals surface area (Å²) in [6, 6.07) is 2.06. The summed E-state index contributed by atoms with van der Waals surface area (Å²) in [5.41, 5.74) is 1.30. The van der Waals surface area contributed by atoms with Gasteiger partial charge < -0.3 is 0 Å². The summed E-state index contributed by atoms with van der Waals surface area (Å²) < 4.78 is 1.10. The minimum absolute atomic E-state index is 0.840. The quantitative estimate of drug-likeness (QED) is 0.500. The average molecular weight is 296 g/mol. The zero-order valence-corrected chi connectivity index (χ0v) is 12.4. The third kappa shape index (κ3) is 6.62. The second-order valence-corrected chi connectivity index (χ2v) is 5.68. The number of rotatable bonds is 7. The number of halogens is 1. The highest BCUT2D eigenvalue weighted by atomic mass is 79.9. The molecule has 0 radical (unpaired) electrons. The van der Waals surface area contributed by atoms with E-state index in [1.165, 1.54) is 31.2 Å². The van der Waals surface area contributed by atoms with Crippen molar-refractivity contribution in [1.82, 2.24) is 4.98 Å². The summed E-state index contributed by atoms with van der Waals surface area (Å²) in [5, 5.41) is 0. The van der Waals surface area contributed by atoms with E-state index in [0.29, 0.717) is 0 Å². The topological polar surface area (TPSA) is 12.9 Å². The van der Waals surface area contributed by atoms with Crippen LogP contribution in [0.5, 0.6) is 0 Å². The second kappa shape index (κ2) is 8.46. The number of allylic oxidation sites excluding steroid dienone is 2. The van der Waals surface area contributed by atoms with Crippen LogP contribution in [0, 0.1) is 5.92 Å². The van der Waals surface area contributed by atoms with Crippen molar-refractivity contribution >= 4 is 15.9 Å². The minimum Gasteiger partial charge on any atom is -0.264 e. The van der Waals surface area contributed by atoms with Crippen molar-refractivity contribution in [2.24, 2.45) is 5.92 Å². The number of pyridine rings is 1. The lowest BCUT2D eigenvalue weighted by Crippen LogP contribution is -1.86. The van der Waals surface area contributed by atoms with Crippen LogP contribution in [0.25, 0.3) is 0 Å². The molecule has 0 aliphatic rings. The molecule has 0 saturated heterocycles. The van der Waals surface area contributed by atoms with Crippen LogP contribution in [0.3, 0.4) is 0 Å². The summed E-state index contributed by atoms with van der Waals surface area (Å²) in [6.07, 6.45) is 14.5. The average Bonchev–Trinajstić information content (AvgIpc) is 2.30. The minimum atomic E-state index is 0.840. The SMILES string of the molecule is CC(C)CCCCC=CCc1ccncc1Br. The normalized spacial score (nSPS) is 11.5. The molecule has 1 aromatic heterocycles. The zero-order chi connectivity index (χ0) is 12.5. The van der Waals surface area contributed by atoms with Gasteiger partial charge in [-0.1, -0.05) is 38.8 Å². The lowest BCUT2D eigenvalue weighted by atomic mass is 10.1. The molecule has 0 bridgehead atoms. The van der Waals surface area contributed by atoms with E-state index >= 15 is 0 Å². The van der Waals surface area contributed by atoms with Crippen molar-refractivity contribution in [3.8, 4) is 0 Å². The highest BCUT2D eigenvalue weighted by Crippen LogP contribution is 2.15. The Labute approximate surface area is 113 Å². The number of hydrogen-bond acceptors (Lipinski definition) is 1. The van der Waals surface area contributed by atoms with Crippen molar-refractivity contribution in [3.63, 3.8) is 0 Å². The number of aromatic nitrogens is 1. The van der Waals surface area contributed by atoms with Crippen LogP contribution in [0.2, 0.25) is 0 Å². The van der Waals surface area contributed by atoms with E-state index in [4.69, 9.17) is 0 Å². The molecule has 0 fully saturated rings. The Bertz CT molecular complexity index is 345. The molecule has 0 aliphatic heterocycles. The first-order chi connectivity index (χ1) is 8.20. The Balaban J connectivity index is 2.16. The lowest BCUT2D eigenvalue weighted by molar-refractivity contribution is 0.540. The van der Waals surface area contributed by atoms with Gasteiger partial charge in [-0.2, -0.15) is 0 Å². The van der Waals surface area contributed by atoms with Gasteiger partial charge in [0.15, 0.2) is 0 Å². The number of hydrogen-bond donors (Lipinski definition) is 0.